The second-order valence-corrected chi connectivity index (χ2v) is 7.98. The van der Waals surface area contributed by atoms with Gasteiger partial charge in [0.2, 0.25) is 15.6 Å². The van der Waals surface area contributed by atoms with E-state index in [9.17, 15) is 26.4 Å². The third-order valence-corrected chi connectivity index (χ3v) is 6.70. The highest BCUT2D eigenvalue weighted by molar-refractivity contribution is 7.89. The average Bonchev–Trinajstić information content (AvgIpc) is 3.13. The predicted octanol–water partition coefficient (Wildman–Crippen LogP) is 2.42. The van der Waals surface area contributed by atoms with Crippen LogP contribution in [0, 0.1) is 12.8 Å². The Bertz CT molecular complexity index is 832. The summed E-state index contributed by atoms with van der Waals surface area (Å²) in [5, 5.41) is 0. The van der Waals surface area contributed by atoms with Gasteiger partial charge in [-0.15, -0.1) is 0 Å². The van der Waals surface area contributed by atoms with E-state index >= 15 is 0 Å². The van der Waals surface area contributed by atoms with E-state index in [1.807, 2.05) is 0 Å². The standard InChI is InChI=1S/C16H16F3NO4S/c1-10-3-7-13(8-4-10)25(22,23)20-12-6-5-11(9-12)15(20,14(21)24-2)16(17,18)19/h3-8,11-12H,9H2,1-2H3/t11-,12-,15+/m0/s1. The first-order valence-electron chi connectivity index (χ1n) is 7.51. The topological polar surface area (TPSA) is 63.7 Å². The molecule has 9 heteroatoms. The second kappa shape index (κ2) is 5.57. The molecular formula is C16H16F3NO4S. The molecule has 136 valence electrons. The lowest BCUT2D eigenvalue weighted by Crippen LogP contribution is -2.67. The van der Waals surface area contributed by atoms with Crippen LogP contribution in [0.2, 0.25) is 0 Å². The van der Waals surface area contributed by atoms with Gasteiger partial charge in [0.1, 0.15) is 0 Å². The first-order chi connectivity index (χ1) is 11.6. The number of methoxy groups -OCH3 is 1. The molecule has 0 radical (unpaired) electrons. The predicted molar refractivity (Wildman–Crippen MR) is 82.0 cm³/mol. The highest BCUT2D eigenvalue weighted by Crippen LogP contribution is 2.55. The van der Waals surface area contributed by atoms with Gasteiger partial charge in [0.25, 0.3) is 0 Å². The summed E-state index contributed by atoms with van der Waals surface area (Å²) in [5.74, 6) is -2.93. The molecule has 1 saturated heterocycles. The van der Waals surface area contributed by atoms with Gasteiger partial charge in [-0.1, -0.05) is 29.8 Å². The lowest BCUT2D eigenvalue weighted by Gasteiger charge is -2.41. The van der Waals surface area contributed by atoms with E-state index in [2.05, 4.69) is 4.74 Å². The first-order valence-corrected chi connectivity index (χ1v) is 8.95. The molecule has 2 aliphatic rings. The fraction of sp³-hybridized carbons (Fsp3) is 0.438. The van der Waals surface area contributed by atoms with Crippen LogP contribution in [-0.4, -0.2) is 43.6 Å². The van der Waals surface area contributed by atoms with Gasteiger partial charge in [-0.05, 0) is 25.5 Å². The minimum absolute atomic E-state index is 0.111. The van der Waals surface area contributed by atoms with Gasteiger partial charge < -0.3 is 4.74 Å². The van der Waals surface area contributed by atoms with Gasteiger partial charge in [-0.2, -0.15) is 17.5 Å². The molecule has 0 spiro atoms. The normalized spacial score (nSPS) is 29.2. The van der Waals surface area contributed by atoms with Crippen molar-refractivity contribution in [1.29, 1.82) is 0 Å². The number of carbonyl (C=O) groups excluding carboxylic acids is 1. The van der Waals surface area contributed by atoms with Crippen LogP contribution in [0.5, 0.6) is 0 Å². The molecule has 3 rings (SSSR count). The lowest BCUT2D eigenvalue weighted by molar-refractivity contribution is -0.230. The van der Waals surface area contributed by atoms with Crippen LogP contribution in [0.25, 0.3) is 0 Å². The van der Waals surface area contributed by atoms with Gasteiger partial charge in [-0.3, -0.25) is 0 Å². The van der Waals surface area contributed by atoms with E-state index in [1.54, 1.807) is 6.92 Å². The Labute approximate surface area is 143 Å². The Balaban J connectivity index is 2.23. The Morgan fingerprint density at radius 2 is 1.84 bits per heavy atom. The van der Waals surface area contributed by atoms with Crippen molar-refractivity contribution in [1.82, 2.24) is 4.31 Å². The Hall–Kier alpha value is -1.87. The summed E-state index contributed by atoms with van der Waals surface area (Å²) in [6.45, 7) is 1.73. The van der Waals surface area contributed by atoms with E-state index < -0.39 is 39.7 Å². The zero-order valence-electron chi connectivity index (χ0n) is 13.4. The molecule has 0 saturated carbocycles. The number of hydrogen-bond acceptors (Lipinski definition) is 4. The maximum absolute atomic E-state index is 14.0. The molecule has 1 aromatic rings. The number of nitrogens with zero attached hydrogens (tertiary/aromatic N) is 1. The molecule has 1 aliphatic carbocycles. The van der Waals surface area contributed by atoms with Gasteiger partial charge in [0.15, 0.2) is 0 Å². The number of alkyl halides is 3. The lowest BCUT2D eigenvalue weighted by atomic mass is 9.85. The number of rotatable bonds is 3. The number of ether oxygens (including phenoxy) is 1. The second-order valence-electron chi connectivity index (χ2n) is 6.16. The van der Waals surface area contributed by atoms with E-state index in [1.165, 1.54) is 36.4 Å². The summed E-state index contributed by atoms with van der Waals surface area (Å²) in [4.78, 5) is 11.9. The Morgan fingerprint density at radius 1 is 1.24 bits per heavy atom. The molecule has 0 aromatic heterocycles. The van der Waals surface area contributed by atoms with Gasteiger partial charge in [-0.25, -0.2) is 13.2 Å². The summed E-state index contributed by atoms with van der Waals surface area (Å²) in [6.07, 6.45) is -2.60. The maximum Gasteiger partial charge on any atom is 0.419 e. The molecule has 25 heavy (non-hydrogen) atoms. The fourth-order valence-electron chi connectivity index (χ4n) is 3.63. The smallest absolute Gasteiger partial charge is 0.419 e. The third-order valence-electron chi connectivity index (χ3n) is 4.75. The molecule has 1 aliphatic heterocycles. The number of fused-ring (bicyclic) bond motifs is 2. The average molecular weight is 375 g/mol. The van der Waals surface area contributed by atoms with Crippen molar-refractivity contribution in [2.45, 2.75) is 36.0 Å². The van der Waals surface area contributed by atoms with Crippen molar-refractivity contribution in [3.05, 3.63) is 42.0 Å². The van der Waals surface area contributed by atoms with Crippen molar-refractivity contribution < 1.29 is 31.1 Å². The molecule has 1 aromatic carbocycles. The Morgan fingerprint density at radius 3 is 2.36 bits per heavy atom. The molecule has 0 N–H and O–H groups in total. The fourth-order valence-corrected chi connectivity index (χ4v) is 5.54. The van der Waals surface area contributed by atoms with Crippen LogP contribution in [0.3, 0.4) is 0 Å². The highest BCUT2D eigenvalue weighted by Gasteiger charge is 2.76. The van der Waals surface area contributed by atoms with Crippen LogP contribution in [0.4, 0.5) is 13.2 Å². The number of carbonyl (C=O) groups is 1. The van der Waals surface area contributed by atoms with Gasteiger partial charge in [0.05, 0.1) is 12.0 Å². The summed E-state index contributed by atoms with van der Waals surface area (Å²) in [7, 11) is -3.75. The van der Waals surface area contributed by atoms with E-state index in [4.69, 9.17) is 0 Å². The number of halogens is 3. The number of benzene rings is 1. The van der Waals surface area contributed by atoms with Crippen LogP contribution in [-0.2, 0) is 19.6 Å². The van der Waals surface area contributed by atoms with Gasteiger partial charge in [0, 0.05) is 12.0 Å². The largest absolute Gasteiger partial charge is 0.467 e. The molecule has 0 unspecified atom stereocenters. The van der Waals surface area contributed by atoms with Gasteiger partial charge >= 0.3 is 12.1 Å². The summed E-state index contributed by atoms with van der Waals surface area (Å²) < 4.78 is 72.8. The van der Waals surface area contributed by atoms with Crippen molar-refractivity contribution in [2.75, 3.05) is 7.11 Å². The van der Waals surface area contributed by atoms with E-state index in [0.717, 1.165) is 12.7 Å². The van der Waals surface area contributed by atoms with Crippen molar-refractivity contribution in [2.24, 2.45) is 5.92 Å². The van der Waals surface area contributed by atoms with Crippen LogP contribution in [0.15, 0.2) is 41.3 Å². The monoisotopic (exact) mass is 375 g/mol. The van der Waals surface area contributed by atoms with Crippen molar-refractivity contribution in [3.8, 4) is 0 Å². The molecule has 5 nitrogen and oxygen atoms in total. The zero-order valence-corrected chi connectivity index (χ0v) is 14.3. The molecule has 2 bridgehead atoms. The first kappa shape index (κ1) is 17.9. The number of sulfonamides is 1. The molecule has 0 amide bonds. The number of esters is 1. The molecular weight excluding hydrogens is 359 g/mol. The van der Waals surface area contributed by atoms with Crippen molar-refractivity contribution in [3.63, 3.8) is 0 Å². The quantitative estimate of drug-likeness (QED) is 0.601. The number of aryl methyl sites for hydroxylation is 1. The van der Waals surface area contributed by atoms with Crippen LogP contribution >= 0.6 is 0 Å². The highest BCUT2D eigenvalue weighted by atomic mass is 32.2. The molecule has 1 fully saturated rings. The summed E-state index contributed by atoms with van der Waals surface area (Å²) >= 11 is 0. The summed E-state index contributed by atoms with van der Waals surface area (Å²) in [6, 6.07) is 4.41. The minimum Gasteiger partial charge on any atom is -0.467 e. The SMILES string of the molecule is COC(=O)[C@@]1(C(F)(F)F)[C@H]2C=C[C@@H](C2)N1S(=O)(=O)c1ccc(C)cc1. The van der Waals surface area contributed by atoms with Crippen LogP contribution in [0.1, 0.15) is 12.0 Å². The van der Waals surface area contributed by atoms with Crippen LogP contribution < -0.4 is 0 Å². The summed E-state index contributed by atoms with van der Waals surface area (Å²) in [5.41, 5.74) is -2.48. The Kier molecular flexibility index (Phi) is 3.99. The molecule has 1 heterocycles. The third kappa shape index (κ3) is 2.32. The maximum atomic E-state index is 14.0. The molecule has 3 atom stereocenters. The minimum atomic E-state index is -5.12. The van der Waals surface area contributed by atoms with E-state index in [0.29, 0.717) is 0 Å². The number of hydrogen-bond donors (Lipinski definition) is 0. The zero-order chi connectivity index (χ0) is 18.6. The van der Waals surface area contributed by atoms with E-state index in [-0.39, 0.29) is 15.6 Å². The van der Waals surface area contributed by atoms with Crippen molar-refractivity contribution >= 4 is 16.0 Å².